The van der Waals surface area contributed by atoms with E-state index in [0.717, 1.165) is 49.1 Å². The van der Waals surface area contributed by atoms with Crippen molar-refractivity contribution in [2.45, 2.75) is 26.4 Å². The van der Waals surface area contributed by atoms with E-state index in [1.165, 1.54) is 16.7 Å². The molecule has 0 radical (unpaired) electrons. The lowest BCUT2D eigenvalue weighted by molar-refractivity contribution is 0.0965. The number of rotatable bonds is 5. The molecule has 28 heavy (non-hydrogen) atoms. The lowest BCUT2D eigenvalue weighted by Gasteiger charge is -2.37. The van der Waals surface area contributed by atoms with Crippen molar-refractivity contribution in [3.05, 3.63) is 76.6 Å². The van der Waals surface area contributed by atoms with Crippen LogP contribution in [0.3, 0.4) is 0 Å². The molecule has 3 aromatic rings. The number of aromatic amines is 1. The molecule has 1 atom stereocenters. The highest BCUT2D eigenvalue weighted by molar-refractivity contribution is 6.30. The second-order valence-corrected chi connectivity index (χ2v) is 8.03. The van der Waals surface area contributed by atoms with Crippen LogP contribution in [0.25, 0.3) is 11.1 Å². The normalized spacial score (nSPS) is 17.0. The molecular formula is C23H27ClN4. The predicted octanol–water partition coefficient (Wildman–Crippen LogP) is 4.92. The van der Waals surface area contributed by atoms with Gasteiger partial charge in [-0.2, -0.15) is 5.10 Å². The molecule has 1 N–H and O–H groups in total. The minimum Gasteiger partial charge on any atom is -0.297 e. The van der Waals surface area contributed by atoms with E-state index >= 15 is 0 Å². The maximum atomic E-state index is 6.07. The van der Waals surface area contributed by atoms with E-state index in [9.17, 15) is 0 Å². The summed E-state index contributed by atoms with van der Waals surface area (Å²) >= 11 is 6.07. The van der Waals surface area contributed by atoms with Crippen LogP contribution < -0.4 is 0 Å². The number of halogens is 1. The van der Waals surface area contributed by atoms with Crippen LogP contribution in [0.1, 0.15) is 29.9 Å². The molecule has 2 heterocycles. The molecule has 0 saturated carbocycles. The van der Waals surface area contributed by atoms with Crippen LogP contribution in [0.4, 0.5) is 0 Å². The summed E-state index contributed by atoms with van der Waals surface area (Å²) < 4.78 is 0. The van der Waals surface area contributed by atoms with Gasteiger partial charge in [0.1, 0.15) is 0 Å². The van der Waals surface area contributed by atoms with Gasteiger partial charge in [0, 0.05) is 49.0 Å². The molecule has 1 fully saturated rings. The molecule has 5 heteroatoms. The lowest BCUT2D eigenvalue weighted by atomic mass is 9.99. The monoisotopic (exact) mass is 394 g/mol. The molecule has 1 saturated heterocycles. The maximum Gasteiger partial charge on any atom is 0.0871 e. The third kappa shape index (κ3) is 4.14. The molecule has 1 aromatic heterocycles. The van der Waals surface area contributed by atoms with Gasteiger partial charge in [0.2, 0.25) is 0 Å². The fraction of sp³-hybridized carbons (Fsp3) is 0.348. The van der Waals surface area contributed by atoms with Crippen molar-refractivity contribution < 1.29 is 0 Å². The number of piperazine rings is 1. The van der Waals surface area contributed by atoms with Gasteiger partial charge in [-0.15, -0.1) is 0 Å². The van der Waals surface area contributed by atoms with Gasteiger partial charge in [0.25, 0.3) is 0 Å². The summed E-state index contributed by atoms with van der Waals surface area (Å²) in [5.41, 5.74) is 5.98. The van der Waals surface area contributed by atoms with Gasteiger partial charge in [-0.05, 0) is 37.1 Å². The van der Waals surface area contributed by atoms with E-state index in [1.54, 1.807) is 0 Å². The van der Waals surface area contributed by atoms with Gasteiger partial charge in [-0.25, -0.2) is 0 Å². The zero-order valence-electron chi connectivity index (χ0n) is 16.5. The molecule has 0 spiro atoms. The van der Waals surface area contributed by atoms with Gasteiger partial charge in [-0.1, -0.05) is 54.1 Å². The minimum atomic E-state index is 0.273. The van der Waals surface area contributed by atoms with E-state index in [1.807, 2.05) is 12.1 Å². The number of aromatic nitrogens is 2. The van der Waals surface area contributed by atoms with Crippen molar-refractivity contribution in [3.63, 3.8) is 0 Å². The van der Waals surface area contributed by atoms with Crippen LogP contribution in [-0.2, 0) is 6.54 Å². The van der Waals surface area contributed by atoms with Crippen LogP contribution in [-0.4, -0.2) is 46.2 Å². The maximum absolute atomic E-state index is 6.07. The first-order valence-electron chi connectivity index (χ1n) is 9.93. The van der Waals surface area contributed by atoms with Crippen molar-refractivity contribution in [1.82, 2.24) is 20.0 Å². The van der Waals surface area contributed by atoms with Crippen molar-refractivity contribution in [2.24, 2.45) is 0 Å². The molecular weight excluding hydrogens is 368 g/mol. The molecule has 1 unspecified atom stereocenters. The Kier molecular flexibility index (Phi) is 5.81. The summed E-state index contributed by atoms with van der Waals surface area (Å²) in [5.74, 6) is 0. The Morgan fingerprint density at radius 1 is 1.00 bits per heavy atom. The Morgan fingerprint density at radius 3 is 2.36 bits per heavy atom. The number of aryl methyl sites for hydroxylation is 1. The quantitative estimate of drug-likeness (QED) is 0.667. The molecule has 4 rings (SSSR count). The highest BCUT2D eigenvalue weighted by Gasteiger charge is 2.26. The first-order chi connectivity index (χ1) is 13.6. The Balaban J connectivity index is 1.45. The average Bonchev–Trinajstić information content (AvgIpc) is 3.11. The SMILES string of the molecule is Cc1[nH]nc(C(C)N2CCN(Cc3ccccc3)CC2)c1-c1ccc(Cl)cc1. The standard InChI is InChI=1S/C23H27ClN4/c1-17-22(20-8-10-21(24)11-9-20)23(26-25-17)18(2)28-14-12-27(13-15-28)16-19-6-4-3-5-7-19/h3-11,18H,12-16H2,1-2H3,(H,25,26). The van der Waals surface area contributed by atoms with Crippen LogP contribution in [0.2, 0.25) is 5.02 Å². The molecule has 0 amide bonds. The number of benzene rings is 2. The summed E-state index contributed by atoms with van der Waals surface area (Å²) in [6.07, 6.45) is 0. The first kappa shape index (κ1) is 19.2. The number of nitrogens with one attached hydrogen (secondary N) is 1. The highest BCUT2D eigenvalue weighted by Crippen LogP contribution is 2.33. The Labute approximate surface area is 172 Å². The number of hydrogen-bond acceptors (Lipinski definition) is 3. The summed E-state index contributed by atoms with van der Waals surface area (Å²) in [7, 11) is 0. The van der Waals surface area contributed by atoms with Crippen LogP contribution in [0.15, 0.2) is 54.6 Å². The Morgan fingerprint density at radius 2 is 1.68 bits per heavy atom. The van der Waals surface area contributed by atoms with E-state index in [0.29, 0.717) is 0 Å². The van der Waals surface area contributed by atoms with E-state index < -0.39 is 0 Å². The summed E-state index contributed by atoms with van der Waals surface area (Å²) in [6, 6.07) is 19.0. The molecule has 0 aliphatic carbocycles. The van der Waals surface area contributed by atoms with Crippen molar-refractivity contribution in [2.75, 3.05) is 26.2 Å². The summed E-state index contributed by atoms with van der Waals surface area (Å²) in [6.45, 7) is 9.66. The van der Waals surface area contributed by atoms with Crippen LogP contribution in [0, 0.1) is 6.92 Å². The lowest BCUT2D eigenvalue weighted by Crippen LogP contribution is -2.46. The molecule has 1 aliphatic rings. The van der Waals surface area contributed by atoms with E-state index in [2.05, 4.69) is 76.3 Å². The van der Waals surface area contributed by atoms with E-state index in [4.69, 9.17) is 11.6 Å². The van der Waals surface area contributed by atoms with Gasteiger partial charge >= 0.3 is 0 Å². The fourth-order valence-electron chi connectivity index (χ4n) is 4.05. The van der Waals surface area contributed by atoms with E-state index in [-0.39, 0.29) is 6.04 Å². The molecule has 2 aromatic carbocycles. The van der Waals surface area contributed by atoms with Gasteiger partial charge in [-0.3, -0.25) is 14.9 Å². The fourth-order valence-corrected chi connectivity index (χ4v) is 4.18. The second-order valence-electron chi connectivity index (χ2n) is 7.59. The largest absolute Gasteiger partial charge is 0.297 e. The number of hydrogen-bond donors (Lipinski definition) is 1. The van der Waals surface area contributed by atoms with Crippen molar-refractivity contribution in [3.8, 4) is 11.1 Å². The second kappa shape index (κ2) is 8.48. The van der Waals surface area contributed by atoms with Crippen molar-refractivity contribution >= 4 is 11.6 Å². The third-order valence-corrected chi connectivity index (χ3v) is 5.96. The number of H-pyrrole nitrogens is 1. The topological polar surface area (TPSA) is 35.2 Å². The smallest absolute Gasteiger partial charge is 0.0871 e. The molecule has 1 aliphatic heterocycles. The summed E-state index contributed by atoms with van der Waals surface area (Å²) in [5, 5.41) is 8.61. The first-order valence-corrected chi connectivity index (χ1v) is 10.3. The Bertz CT molecular complexity index is 896. The van der Waals surface area contributed by atoms with Gasteiger partial charge in [0.05, 0.1) is 11.7 Å². The van der Waals surface area contributed by atoms with Gasteiger partial charge < -0.3 is 0 Å². The number of nitrogens with zero attached hydrogens (tertiary/aromatic N) is 3. The van der Waals surface area contributed by atoms with Gasteiger partial charge in [0.15, 0.2) is 0 Å². The summed E-state index contributed by atoms with van der Waals surface area (Å²) in [4.78, 5) is 5.07. The molecule has 0 bridgehead atoms. The zero-order chi connectivity index (χ0) is 19.5. The third-order valence-electron chi connectivity index (χ3n) is 5.71. The Hall–Kier alpha value is -2.14. The van der Waals surface area contributed by atoms with Crippen LogP contribution in [0.5, 0.6) is 0 Å². The van der Waals surface area contributed by atoms with Crippen molar-refractivity contribution in [1.29, 1.82) is 0 Å². The molecule has 146 valence electrons. The average molecular weight is 395 g/mol. The zero-order valence-corrected chi connectivity index (χ0v) is 17.3. The highest BCUT2D eigenvalue weighted by atomic mass is 35.5. The minimum absolute atomic E-state index is 0.273. The van der Waals surface area contributed by atoms with Crippen LogP contribution >= 0.6 is 11.6 Å². The predicted molar refractivity (Wildman–Crippen MR) is 115 cm³/mol. The molecule has 4 nitrogen and oxygen atoms in total.